The van der Waals surface area contributed by atoms with E-state index in [1.165, 1.54) is 37.3 Å². The molecule has 5 rings (SSSR count). The third-order valence-corrected chi connectivity index (χ3v) is 7.43. The molecule has 1 amide bonds. The zero-order valence-electron chi connectivity index (χ0n) is 19.4. The SMILES string of the molecule is O=C(Nc1cccc(CC2CC2)c1)C(c1ccc(Cn2cc(Cl)ccc2=O)cc1)C1CCCC1. The molecule has 2 saturated carbocycles. The van der Waals surface area contributed by atoms with Crippen LogP contribution in [0.25, 0.3) is 0 Å². The first kappa shape index (κ1) is 22.9. The van der Waals surface area contributed by atoms with Crippen molar-refractivity contribution in [3.63, 3.8) is 0 Å². The van der Waals surface area contributed by atoms with E-state index in [2.05, 4.69) is 29.6 Å². The quantitative estimate of drug-likeness (QED) is 0.409. The highest BCUT2D eigenvalue weighted by molar-refractivity contribution is 6.30. The van der Waals surface area contributed by atoms with Gasteiger partial charge in [-0.25, -0.2) is 0 Å². The summed E-state index contributed by atoms with van der Waals surface area (Å²) in [5, 5.41) is 3.76. The molecule has 5 heteroatoms. The van der Waals surface area contributed by atoms with Crippen molar-refractivity contribution in [2.24, 2.45) is 11.8 Å². The second-order valence-electron chi connectivity index (χ2n) is 9.91. The third-order valence-electron chi connectivity index (χ3n) is 7.21. The molecule has 4 nitrogen and oxygen atoms in total. The Bertz CT molecular complexity index is 1210. The molecule has 0 radical (unpaired) electrons. The lowest BCUT2D eigenvalue weighted by atomic mass is 9.83. The van der Waals surface area contributed by atoms with Gasteiger partial charge in [0.15, 0.2) is 0 Å². The number of hydrogen-bond donors (Lipinski definition) is 1. The van der Waals surface area contributed by atoms with Crippen LogP contribution in [0.15, 0.2) is 71.7 Å². The summed E-state index contributed by atoms with van der Waals surface area (Å²) in [6.45, 7) is 0.452. The lowest BCUT2D eigenvalue weighted by molar-refractivity contribution is -0.118. The summed E-state index contributed by atoms with van der Waals surface area (Å²) < 4.78 is 1.60. The molecule has 1 aromatic heterocycles. The van der Waals surface area contributed by atoms with Crippen molar-refractivity contribution < 1.29 is 4.79 Å². The maximum Gasteiger partial charge on any atom is 0.250 e. The van der Waals surface area contributed by atoms with E-state index in [1.807, 2.05) is 24.3 Å². The molecule has 3 aromatic rings. The number of amides is 1. The smallest absolute Gasteiger partial charge is 0.250 e. The van der Waals surface area contributed by atoms with Gasteiger partial charge in [0.2, 0.25) is 5.91 Å². The molecular weight excluding hydrogens is 444 g/mol. The van der Waals surface area contributed by atoms with Crippen molar-refractivity contribution in [1.82, 2.24) is 4.57 Å². The van der Waals surface area contributed by atoms with Gasteiger partial charge in [-0.2, -0.15) is 0 Å². The lowest BCUT2D eigenvalue weighted by Gasteiger charge is -2.24. The Morgan fingerprint density at radius 1 is 0.971 bits per heavy atom. The Labute approximate surface area is 206 Å². The van der Waals surface area contributed by atoms with E-state index < -0.39 is 0 Å². The predicted molar refractivity (Wildman–Crippen MR) is 137 cm³/mol. The number of nitrogens with zero attached hydrogens (tertiary/aromatic N) is 1. The van der Waals surface area contributed by atoms with Crippen LogP contribution in [-0.4, -0.2) is 10.5 Å². The van der Waals surface area contributed by atoms with Gasteiger partial charge in [0.1, 0.15) is 0 Å². The van der Waals surface area contributed by atoms with E-state index in [-0.39, 0.29) is 17.4 Å². The van der Waals surface area contributed by atoms with Crippen LogP contribution < -0.4 is 10.9 Å². The van der Waals surface area contributed by atoms with E-state index in [9.17, 15) is 9.59 Å². The van der Waals surface area contributed by atoms with Gasteiger partial charge in [0.05, 0.1) is 17.5 Å². The lowest BCUT2D eigenvalue weighted by Crippen LogP contribution is -2.26. The van der Waals surface area contributed by atoms with Crippen LogP contribution in [0.4, 0.5) is 5.69 Å². The highest BCUT2D eigenvalue weighted by Gasteiger charge is 2.32. The summed E-state index contributed by atoms with van der Waals surface area (Å²) in [5.74, 6) is 1.08. The molecule has 176 valence electrons. The summed E-state index contributed by atoms with van der Waals surface area (Å²) >= 11 is 6.06. The van der Waals surface area contributed by atoms with E-state index in [1.54, 1.807) is 16.8 Å². The maximum absolute atomic E-state index is 13.5. The minimum atomic E-state index is -0.169. The number of anilines is 1. The summed E-state index contributed by atoms with van der Waals surface area (Å²) in [7, 11) is 0. The van der Waals surface area contributed by atoms with Gasteiger partial charge in [-0.15, -0.1) is 0 Å². The molecule has 1 N–H and O–H groups in total. The Balaban J connectivity index is 1.34. The van der Waals surface area contributed by atoms with Crippen molar-refractivity contribution in [2.45, 2.75) is 57.4 Å². The number of halogens is 1. The molecule has 1 atom stereocenters. The number of carbonyl (C=O) groups is 1. The normalized spacial score (nSPS) is 17.0. The topological polar surface area (TPSA) is 51.1 Å². The Morgan fingerprint density at radius 3 is 2.47 bits per heavy atom. The van der Waals surface area contributed by atoms with Gasteiger partial charge in [-0.05, 0) is 78.8 Å². The van der Waals surface area contributed by atoms with E-state index in [0.29, 0.717) is 17.5 Å². The van der Waals surface area contributed by atoms with Crippen molar-refractivity contribution in [1.29, 1.82) is 0 Å². The largest absolute Gasteiger partial charge is 0.326 e. The Kier molecular flexibility index (Phi) is 6.87. The number of rotatable bonds is 8. The van der Waals surface area contributed by atoms with Gasteiger partial charge in [0.25, 0.3) is 5.56 Å². The summed E-state index contributed by atoms with van der Waals surface area (Å²) in [6.07, 6.45) is 9.93. The fourth-order valence-electron chi connectivity index (χ4n) is 5.23. The van der Waals surface area contributed by atoms with Crippen molar-refractivity contribution in [3.05, 3.63) is 98.9 Å². The summed E-state index contributed by atoms with van der Waals surface area (Å²) in [4.78, 5) is 25.7. The molecule has 1 unspecified atom stereocenters. The molecule has 2 aliphatic rings. The minimum absolute atomic E-state index is 0.0780. The molecule has 2 aromatic carbocycles. The molecule has 34 heavy (non-hydrogen) atoms. The van der Waals surface area contributed by atoms with Crippen LogP contribution in [0, 0.1) is 11.8 Å². The van der Waals surface area contributed by atoms with Crippen LogP contribution >= 0.6 is 11.6 Å². The molecule has 2 fully saturated rings. The zero-order chi connectivity index (χ0) is 23.5. The number of benzene rings is 2. The molecule has 1 heterocycles. The highest BCUT2D eigenvalue weighted by atomic mass is 35.5. The summed E-state index contributed by atoms with van der Waals surface area (Å²) in [6, 6.07) is 19.6. The van der Waals surface area contributed by atoms with Crippen molar-refractivity contribution in [3.8, 4) is 0 Å². The number of hydrogen-bond acceptors (Lipinski definition) is 2. The fourth-order valence-corrected chi connectivity index (χ4v) is 5.41. The third kappa shape index (κ3) is 5.61. The predicted octanol–water partition coefficient (Wildman–Crippen LogP) is 6.42. The number of pyridine rings is 1. The minimum Gasteiger partial charge on any atom is -0.326 e. The standard InChI is InChI=1S/C29H31ClN2O2/c30-25-14-15-27(33)32(19-25)18-21-10-12-24(13-11-21)28(23-5-1-2-6-23)29(34)31-26-7-3-4-22(17-26)16-20-8-9-20/h3-4,7,10-15,17,19-20,23,28H,1-2,5-6,8-9,16,18H2,(H,31,34). The van der Waals surface area contributed by atoms with Gasteiger partial charge in [-0.1, -0.05) is 60.8 Å². The molecule has 2 aliphatic carbocycles. The maximum atomic E-state index is 13.5. The second kappa shape index (κ2) is 10.2. The highest BCUT2D eigenvalue weighted by Crippen LogP contribution is 2.38. The Hall–Kier alpha value is -2.85. The fraction of sp³-hybridized carbons (Fsp3) is 0.379. The molecule has 0 bridgehead atoms. The molecule has 0 aliphatic heterocycles. The summed E-state index contributed by atoms with van der Waals surface area (Å²) in [5.41, 5.74) is 4.16. The van der Waals surface area contributed by atoms with Gasteiger partial charge >= 0.3 is 0 Å². The Morgan fingerprint density at radius 2 is 1.74 bits per heavy atom. The first-order chi connectivity index (χ1) is 16.5. The molecular formula is C29H31ClN2O2. The molecule has 0 spiro atoms. The number of aromatic nitrogens is 1. The molecule has 0 saturated heterocycles. The van der Waals surface area contributed by atoms with Gasteiger partial charge in [-0.3, -0.25) is 9.59 Å². The average molecular weight is 475 g/mol. The van der Waals surface area contributed by atoms with Crippen LogP contribution in [0.1, 0.15) is 61.1 Å². The van der Waals surface area contributed by atoms with Crippen molar-refractivity contribution >= 4 is 23.2 Å². The van der Waals surface area contributed by atoms with Gasteiger partial charge < -0.3 is 9.88 Å². The van der Waals surface area contributed by atoms with Crippen molar-refractivity contribution in [2.75, 3.05) is 5.32 Å². The monoisotopic (exact) mass is 474 g/mol. The zero-order valence-corrected chi connectivity index (χ0v) is 20.1. The van der Waals surface area contributed by atoms with Crippen LogP contribution in [0.5, 0.6) is 0 Å². The van der Waals surface area contributed by atoms with Gasteiger partial charge in [0, 0.05) is 18.0 Å². The van der Waals surface area contributed by atoms with E-state index in [4.69, 9.17) is 11.6 Å². The van der Waals surface area contributed by atoms with E-state index >= 15 is 0 Å². The first-order valence-electron chi connectivity index (χ1n) is 12.4. The second-order valence-corrected chi connectivity index (χ2v) is 10.4. The first-order valence-corrected chi connectivity index (χ1v) is 12.8. The van der Waals surface area contributed by atoms with Crippen LogP contribution in [0.3, 0.4) is 0 Å². The van der Waals surface area contributed by atoms with Crippen LogP contribution in [-0.2, 0) is 17.8 Å². The number of carbonyl (C=O) groups excluding carboxylic acids is 1. The average Bonchev–Trinajstić information content (AvgIpc) is 3.48. The van der Waals surface area contributed by atoms with E-state index in [0.717, 1.165) is 42.0 Å². The van der Waals surface area contributed by atoms with Crippen LogP contribution in [0.2, 0.25) is 5.02 Å². The number of nitrogens with one attached hydrogen (secondary N) is 1.